The highest BCUT2D eigenvalue weighted by molar-refractivity contribution is 7.71. The molecule has 0 radical (unpaired) electrons. The maximum Gasteiger partial charge on any atom is 0.178 e. The molecule has 3 rings (SSSR count). The number of hydrogen-bond acceptors (Lipinski definition) is 1. The lowest BCUT2D eigenvalue weighted by atomic mass is 10.2. The van der Waals surface area contributed by atoms with Crippen LogP contribution in [0.1, 0.15) is 5.56 Å². The first-order chi connectivity index (χ1) is 9.56. The summed E-state index contributed by atoms with van der Waals surface area (Å²) in [6, 6.07) is 10.2. The lowest BCUT2D eigenvalue weighted by molar-refractivity contribution is 0.627. The maximum absolute atomic E-state index is 13.2. The second-order valence-corrected chi connectivity index (χ2v) is 5.60. The number of aromatic nitrogens is 2. The first-order valence-electron chi connectivity index (χ1n) is 5.87. The van der Waals surface area contributed by atoms with Crippen molar-refractivity contribution < 1.29 is 4.39 Å². The molecule has 2 nitrogen and oxygen atoms in total. The number of fused-ring (bicyclic) bond motifs is 1. The average Bonchev–Trinajstić information content (AvgIpc) is 2.73. The number of imidazole rings is 1. The van der Waals surface area contributed by atoms with Crippen molar-refractivity contribution in [1.29, 1.82) is 0 Å². The van der Waals surface area contributed by atoms with Gasteiger partial charge in [0.05, 0.1) is 27.6 Å². The van der Waals surface area contributed by atoms with Gasteiger partial charge in [0.2, 0.25) is 0 Å². The third-order valence-corrected chi connectivity index (χ3v) is 4.01. The molecular weight excluding hydrogens is 318 g/mol. The molecule has 0 fully saturated rings. The number of rotatable bonds is 2. The molecule has 0 saturated carbocycles. The summed E-state index contributed by atoms with van der Waals surface area (Å²) in [6.45, 7) is 0.499. The zero-order valence-corrected chi connectivity index (χ0v) is 12.5. The fourth-order valence-corrected chi connectivity index (χ4v) is 2.81. The summed E-state index contributed by atoms with van der Waals surface area (Å²) in [5.41, 5.74) is 2.57. The van der Waals surface area contributed by atoms with E-state index in [1.54, 1.807) is 18.2 Å². The summed E-state index contributed by atoms with van der Waals surface area (Å²) < 4.78 is 15.6. The summed E-state index contributed by atoms with van der Waals surface area (Å²) in [6.07, 6.45) is 0. The molecule has 1 heterocycles. The van der Waals surface area contributed by atoms with Gasteiger partial charge in [-0.05, 0) is 42.0 Å². The van der Waals surface area contributed by atoms with Crippen LogP contribution in [0, 0.1) is 10.6 Å². The minimum atomic E-state index is -0.430. The zero-order chi connectivity index (χ0) is 14.3. The summed E-state index contributed by atoms with van der Waals surface area (Å²) in [7, 11) is 0. The molecule has 0 saturated heterocycles. The zero-order valence-electron chi connectivity index (χ0n) is 10.2. The van der Waals surface area contributed by atoms with E-state index in [2.05, 4.69) is 4.98 Å². The minimum absolute atomic E-state index is 0.104. The molecule has 0 aliphatic heterocycles. The van der Waals surface area contributed by atoms with Crippen LogP contribution in [0.25, 0.3) is 11.0 Å². The highest BCUT2D eigenvalue weighted by Crippen LogP contribution is 2.24. The molecule has 6 heteroatoms. The molecule has 102 valence electrons. The molecule has 0 atom stereocenters. The maximum atomic E-state index is 13.2. The Bertz CT molecular complexity index is 854. The number of halogens is 3. The Balaban J connectivity index is 2.11. The van der Waals surface area contributed by atoms with Gasteiger partial charge in [-0.15, -0.1) is 0 Å². The second kappa shape index (κ2) is 5.20. The largest absolute Gasteiger partial charge is 0.329 e. The van der Waals surface area contributed by atoms with Crippen molar-refractivity contribution >= 4 is 46.5 Å². The van der Waals surface area contributed by atoms with Gasteiger partial charge in [-0.1, -0.05) is 35.3 Å². The Morgan fingerprint density at radius 3 is 2.70 bits per heavy atom. The van der Waals surface area contributed by atoms with Gasteiger partial charge >= 0.3 is 0 Å². The van der Waals surface area contributed by atoms with Crippen LogP contribution in [0.2, 0.25) is 10.0 Å². The van der Waals surface area contributed by atoms with Crippen molar-refractivity contribution in [1.82, 2.24) is 9.55 Å². The van der Waals surface area contributed by atoms with E-state index in [0.29, 0.717) is 16.3 Å². The van der Waals surface area contributed by atoms with Crippen LogP contribution in [0.5, 0.6) is 0 Å². The Morgan fingerprint density at radius 1 is 1.15 bits per heavy atom. The van der Waals surface area contributed by atoms with Crippen molar-refractivity contribution in [2.45, 2.75) is 6.54 Å². The standard InChI is InChI=1S/C14H9Cl2FN2S/c15-9-2-1-3-12-13(9)18-14(20)19(12)7-8-4-5-11(17)10(16)6-8/h1-6H,7H2,(H,18,20). The molecule has 3 aromatic rings. The van der Waals surface area contributed by atoms with E-state index < -0.39 is 5.82 Å². The van der Waals surface area contributed by atoms with E-state index in [1.165, 1.54) is 6.07 Å². The number of nitrogens with one attached hydrogen (secondary N) is 1. The van der Waals surface area contributed by atoms with E-state index >= 15 is 0 Å². The number of para-hydroxylation sites is 1. The molecule has 0 bridgehead atoms. The second-order valence-electron chi connectivity index (χ2n) is 4.40. The molecule has 0 aliphatic carbocycles. The Kier molecular flexibility index (Phi) is 3.54. The van der Waals surface area contributed by atoms with Gasteiger partial charge < -0.3 is 9.55 Å². The van der Waals surface area contributed by atoms with Crippen molar-refractivity contribution in [2.24, 2.45) is 0 Å². The Morgan fingerprint density at radius 2 is 1.95 bits per heavy atom. The van der Waals surface area contributed by atoms with Gasteiger partial charge in [-0.3, -0.25) is 0 Å². The minimum Gasteiger partial charge on any atom is -0.329 e. The molecule has 0 aliphatic rings. The van der Waals surface area contributed by atoms with Crippen LogP contribution in [0.3, 0.4) is 0 Å². The van der Waals surface area contributed by atoms with Crippen LogP contribution >= 0.6 is 35.4 Å². The fraction of sp³-hybridized carbons (Fsp3) is 0.0714. The summed E-state index contributed by atoms with van der Waals surface area (Å²) >= 11 is 17.2. The number of nitrogens with zero attached hydrogens (tertiary/aromatic N) is 1. The third kappa shape index (κ3) is 2.35. The van der Waals surface area contributed by atoms with E-state index in [0.717, 1.165) is 16.6 Å². The molecular formula is C14H9Cl2FN2S. The molecule has 1 aromatic heterocycles. The van der Waals surface area contributed by atoms with Crippen LogP contribution in [0.4, 0.5) is 4.39 Å². The Hall–Kier alpha value is -1.36. The molecule has 20 heavy (non-hydrogen) atoms. The topological polar surface area (TPSA) is 20.7 Å². The highest BCUT2D eigenvalue weighted by Gasteiger charge is 2.08. The third-order valence-electron chi connectivity index (χ3n) is 3.08. The quantitative estimate of drug-likeness (QED) is 0.642. The highest BCUT2D eigenvalue weighted by atomic mass is 35.5. The SMILES string of the molecule is Fc1ccc(Cn2c(=S)[nH]c3c(Cl)cccc32)cc1Cl. The van der Waals surface area contributed by atoms with Crippen LogP contribution < -0.4 is 0 Å². The van der Waals surface area contributed by atoms with E-state index in [4.69, 9.17) is 35.4 Å². The average molecular weight is 327 g/mol. The predicted octanol–water partition coefficient (Wildman–Crippen LogP) is 5.19. The molecule has 2 aromatic carbocycles. The van der Waals surface area contributed by atoms with Gasteiger partial charge in [0, 0.05) is 0 Å². The first kappa shape index (κ1) is 13.6. The molecule has 1 N–H and O–H groups in total. The number of benzene rings is 2. The van der Waals surface area contributed by atoms with Gasteiger partial charge in [0.25, 0.3) is 0 Å². The van der Waals surface area contributed by atoms with Crippen molar-refractivity contribution in [2.75, 3.05) is 0 Å². The van der Waals surface area contributed by atoms with Crippen LogP contribution in [-0.2, 0) is 6.54 Å². The normalized spacial score (nSPS) is 11.2. The lowest BCUT2D eigenvalue weighted by Gasteiger charge is -2.06. The molecule has 0 amide bonds. The lowest BCUT2D eigenvalue weighted by Crippen LogP contribution is -2.00. The number of hydrogen-bond donors (Lipinski definition) is 1. The van der Waals surface area contributed by atoms with Crippen molar-refractivity contribution in [3.05, 3.63) is 62.6 Å². The molecule has 0 unspecified atom stereocenters. The number of aromatic amines is 1. The van der Waals surface area contributed by atoms with Crippen molar-refractivity contribution in [3.8, 4) is 0 Å². The number of H-pyrrole nitrogens is 1. The van der Waals surface area contributed by atoms with Gasteiger partial charge in [0.1, 0.15) is 5.82 Å². The van der Waals surface area contributed by atoms with Gasteiger partial charge in [-0.25, -0.2) is 4.39 Å². The van der Waals surface area contributed by atoms with E-state index in [1.807, 2.05) is 16.7 Å². The van der Waals surface area contributed by atoms with Gasteiger partial charge in [-0.2, -0.15) is 0 Å². The summed E-state index contributed by atoms with van der Waals surface area (Å²) in [5.74, 6) is -0.430. The summed E-state index contributed by atoms with van der Waals surface area (Å²) in [5, 5.41) is 0.719. The predicted molar refractivity (Wildman–Crippen MR) is 82.6 cm³/mol. The van der Waals surface area contributed by atoms with Crippen LogP contribution in [-0.4, -0.2) is 9.55 Å². The fourth-order valence-electron chi connectivity index (χ4n) is 2.12. The summed E-state index contributed by atoms with van der Waals surface area (Å²) in [4.78, 5) is 3.08. The van der Waals surface area contributed by atoms with E-state index in [9.17, 15) is 4.39 Å². The first-order valence-corrected chi connectivity index (χ1v) is 7.03. The van der Waals surface area contributed by atoms with Crippen LogP contribution in [0.15, 0.2) is 36.4 Å². The molecule has 0 spiro atoms. The monoisotopic (exact) mass is 326 g/mol. The van der Waals surface area contributed by atoms with E-state index in [-0.39, 0.29) is 5.02 Å². The van der Waals surface area contributed by atoms with Gasteiger partial charge in [0.15, 0.2) is 4.77 Å². The van der Waals surface area contributed by atoms with Crippen molar-refractivity contribution in [3.63, 3.8) is 0 Å². The Labute approximate surface area is 129 Å². The smallest absolute Gasteiger partial charge is 0.178 e.